The van der Waals surface area contributed by atoms with Gasteiger partial charge < -0.3 is 8.92 Å². The third-order valence-electron chi connectivity index (χ3n) is 1.78. The Bertz CT molecular complexity index is 610. The third-order valence-corrected chi connectivity index (χ3v) is 2.19. The van der Waals surface area contributed by atoms with E-state index in [-0.39, 0.29) is 5.69 Å². The number of carbonyl (C=O) groups excluding carboxylic acids is 1. The van der Waals surface area contributed by atoms with Gasteiger partial charge in [0, 0.05) is 11.8 Å². The second-order valence-corrected chi connectivity index (χ2v) is 6.00. The molecule has 1 amide bonds. The van der Waals surface area contributed by atoms with Crippen LogP contribution in [0.25, 0.3) is 0 Å². The SMILES string of the molecule is CC(C)(C)OC(=O)Nc1ccc(OS(N)(=O)=O)c(F)c1. The maximum absolute atomic E-state index is 13.5. The third kappa shape index (κ3) is 5.85. The summed E-state index contributed by atoms with van der Waals surface area (Å²) in [7, 11) is -4.31. The zero-order chi connectivity index (χ0) is 15.6. The first-order valence-corrected chi connectivity index (χ1v) is 6.95. The van der Waals surface area contributed by atoms with E-state index in [2.05, 4.69) is 14.6 Å². The summed E-state index contributed by atoms with van der Waals surface area (Å²) in [6, 6.07) is 3.14. The molecule has 7 nitrogen and oxygen atoms in total. The van der Waals surface area contributed by atoms with Crippen LogP contribution in [0.4, 0.5) is 14.9 Å². The van der Waals surface area contributed by atoms with Crippen LogP contribution >= 0.6 is 0 Å². The molecule has 1 rings (SSSR count). The molecule has 20 heavy (non-hydrogen) atoms. The first kappa shape index (κ1) is 16.2. The maximum Gasteiger partial charge on any atom is 0.412 e. The molecule has 9 heteroatoms. The first-order valence-electron chi connectivity index (χ1n) is 5.48. The molecule has 0 bridgehead atoms. The number of nitrogens with one attached hydrogen (secondary N) is 1. The van der Waals surface area contributed by atoms with Gasteiger partial charge in [-0.25, -0.2) is 9.18 Å². The lowest BCUT2D eigenvalue weighted by atomic mass is 10.2. The lowest BCUT2D eigenvalue weighted by Crippen LogP contribution is -2.27. The van der Waals surface area contributed by atoms with Crippen molar-refractivity contribution >= 4 is 22.1 Å². The Balaban J connectivity index is 2.80. The van der Waals surface area contributed by atoms with Gasteiger partial charge in [-0.2, -0.15) is 13.6 Å². The van der Waals surface area contributed by atoms with Crippen molar-refractivity contribution in [3.05, 3.63) is 24.0 Å². The quantitative estimate of drug-likeness (QED) is 0.884. The molecule has 0 aliphatic carbocycles. The number of hydrogen-bond acceptors (Lipinski definition) is 5. The fourth-order valence-electron chi connectivity index (χ4n) is 1.19. The average molecular weight is 306 g/mol. The minimum Gasteiger partial charge on any atom is -0.444 e. The molecule has 0 spiro atoms. The Morgan fingerprint density at radius 3 is 2.40 bits per heavy atom. The monoisotopic (exact) mass is 306 g/mol. The number of amides is 1. The average Bonchev–Trinajstić information content (AvgIpc) is 2.17. The molecule has 0 aliphatic rings. The van der Waals surface area contributed by atoms with Crippen molar-refractivity contribution in [3.8, 4) is 5.75 Å². The van der Waals surface area contributed by atoms with E-state index in [9.17, 15) is 17.6 Å². The van der Waals surface area contributed by atoms with Crippen molar-refractivity contribution in [2.45, 2.75) is 26.4 Å². The van der Waals surface area contributed by atoms with E-state index in [1.165, 1.54) is 6.07 Å². The fraction of sp³-hybridized carbons (Fsp3) is 0.364. The Kier molecular flexibility index (Phi) is 4.56. The minimum atomic E-state index is -4.31. The van der Waals surface area contributed by atoms with Gasteiger partial charge in [-0.05, 0) is 32.9 Å². The summed E-state index contributed by atoms with van der Waals surface area (Å²) in [5.41, 5.74) is -0.613. The van der Waals surface area contributed by atoms with Gasteiger partial charge >= 0.3 is 16.4 Å². The zero-order valence-corrected chi connectivity index (χ0v) is 12.0. The number of carbonyl (C=O) groups is 1. The fourth-order valence-corrected chi connectivity index (χ4v) is 1.58. The van der Waals surface area contributed by atoms with Crippen molar-refractivity contribution in [3.63, 3.8) is 0 Å². The van der Waals surface area contributed by atoms with Crippen LogP contribution in [0.5, 0.6) is 5.75 Å². The van der Waals surface area contributed by atoms with Crippen molar-refractivity contribution in [2.24, 2.45) is 5.14 Å². The second kappa shape index (κ2) is 5.63. The molecule has 0 heterocycles. The van der Waals surface area contributed by atoms with E-state index in [4.69, 9.17) is 4.74 Å². The Morgan fingerprint density at radius 1 is 1.35 bits per heavy atom. The molecule has 1 aromatic carbocycles. The van der Waals surface area contributed by atoms with Crippen LogP contribution in [0.1, 0.15) is 20.8 Å². The highest BCUT2D eigenvalue weighted by atomic mass is 32.2. The Hall–Kier alpha value is -1.87. The predicted molar refractivity (Wildman–Crippen MR) is 70.0 cm³/mol. The number of anilines is 1. The van der Waals surface area contributed by atoms with Crippen molar-refractivity contribution in [1.29, 1.82) is 0 Å². The van der Waals surface area contributed by atoms with Crippen LogP contribution in [-0.4, -0.2) is 20.1 Å². The summed E-state index contributed by atoms with van der Waals surface area (Å²) in [5.74, 6) is -1.56. The summed E-state index contributed by atoms with van der Waals surface area (Å²) in [6.45, 7) is 5.03. The smallest absolute Gasteiger partial charge is 0.412 e. The number of nitrogens with two attached hydrogens (primary N) is 1. The van der Waals surface area contributed by atoms with Crippen LogP contribution in [0.15, 0.2) is 18.2 Å². The molecular formula is C11H15FN2O5S. The number of benzene rings is 1. The molecule has 0 aromatic heterocycles. The van der Waals surface area contributed by atoms with Gasteiger partial charge in [-0.3, -0.25) is 5.32 Å². The minimum absolute atomic E-state index is 0.0820. The predicted octanol–water partition coefficient (Wildman–Crippen LogP) is 1.75. The summed E-state index contributed by atoms with van der Waals surface area (Å²) >= 11 is 0. The van der Waals surface area contributed by atoms with Gasteiger partial charge in [0.15, 0.2) is 11.6 Å². The normalized spacial score (nSPS) is 11.8. The number of rotatable bonds is 3. The van der Waals surface area contributed by atoms with E-state index in [1.54, 1.807) is 20.8 Å². The molecule has 0 unspecified atom stereocenters. The maximum atomic E-state index is 13.5. The molecule has 0 radical (unpaired) electrons. The van der Waals surface area contributed by atoms with Gasteiger partial charge in [0.2, 0.25) is 0 Å². The lowest BCUT2D eigenvalue weighted by Gasteiger charge is -2.19. The highest BCUT2D eigenvalue weighted by molar-refractivity contribution is 7.84. The van der Waals surface area contributed by atoms with E-state index in [0.717, 1.165) is 12.1 Å². The molecule has 0 fully saturated rings. The first-order chi connectivity index (χ1) is 8.96. The van der Waals surface area contributed by atoms with E-state index in [0.29, 0.717) is 0 Å². The Labute approximate surface area is 116 Å². The van der Waals surface area contributed by atoms with Crippen molar-refractivity contribution < 1.29 is 26.5 Å². The number of hydrogen-bond donors (Lipinski definition) is 2. The molecular weight excluding hydrogens is 291 g/mol. The Morgan fingerprint density at radius 2 is 1.95 bits per heavy atom. The summed E-state index contributed by atoms with van der Waals surface area (Å²) in [5, 5.41) is 6.91. The topological polar surface area (TPSA) is 108 Å². The molecule has 0 saturated carbocycles. The van der Waals surface area contributed by atoms with Gasteiger partial charge in [-0.15, -0.1) is 0 Å². The van der Waals surface area contributed by atoms with Crippen molar-refractivity contribution in [1.82, 2.24) is 0 Å². The summed E-state index contributed by atoms with van der Waals surface area (Å²) in [4.78, 5) is 11.5. The van der Waals surface area contributed by atoms with Crippen LogP contribution in [0, 0.1) is 5.82 Å². The lowest BCUT2D eigenvalue weighted by molar-refractivity contribution is 0.0636. The van der Waals surface area contributed by atoms with E-state index < -0.39 is 33.6 Å². The highest BCUT2D eigenvalue weighted by Crippen LogP contribution is 2.22. The van der Waals surface area contributed by atoms with Gasteiger partial charge in [0.25, 0.3) is 0 Å². The zero-order valence-electron chi connectivity index (χ0n) is 11.1. The molecule has 3 N–H and O–H groups in total. The molecule has 0 aliphatic heterocycles. The van der Waals surface area contributed by atoms with Crippen LogP contribution in [0.3, 0.4) is 0 Å². The highest BCUT2D eigenvalue weighted by Gasteiger charge is 2.17. The van der Waals surface area contributed by atoms with Crippen LogP contribution in [0.2, 0.25) is 0 Å². The van der Waals surface area contributed by atoms with Crippen LogP contribution in [-0.2, 0) is 15.0 Å². The van der Waals surface area contributed by atoms with E-state index in [1.807, 2.05) is 0 Å². The van der Waals surface area contributed by atoms with Gasteiger partial charge in [0.05, 0.1) is 0 Å². The van der Waals surface area contributed by atoms with Crippen molar-refractivity contribution in [2.75, 3.05) is 5.32 Å². The molecule has 1 aromatic rings. The largest absolute Gasteiger partial charge is 0.444 e. The van der Waals surface area contributed by atoms with E-state index >= 15 is 0 Å². The second-order valence-electron chi connectivity index (χ2n) is 4.85. The molecule has 0 atom stereocenters. The van der Waals surface area contributed by atoms with Gasteiger partial charge in [-0.1, -0.05) is 0 Å². The number of ether oxygens (including phenoxy) is 1. The molecule has 0 saturated heterocycles. The standard InChI is InChI=1S/C11H15FN2O5S/c1-11(2,3)18-10(15)14-7-4-5-9(8(12)6-7)19-20(13,16)17/h4-6H,1-3H3,(H,14,15)(H2,13,16,17). The van der Waals surface area contributed by atoms with Crippen LogP contribution < -0.4 is 14.6 Å². The summed E-state index contributed by atoms with van der Waals surface area (Å²) < 4.78 is 44.1. The molecule has 112 valence electrons. The summed E-state index contributed by atoms with van der Waals surface area (Å²) in [6.07, 6.45) is -0.767. The van der Waals surface area contributed by atoms with Gasteiger partial charge in [0.1, 0.15) is 5.60 Å². The number of halogens is 1.